The molecule has 0 aliphatic heterocycles. The number of rotatable bonds is 5. The number of ether oxygens (including phenoxy) is 1. The molecule has 0 bridgehead atoms. The van der Waals surface area contributed by atoms with Gasteiger partial charge in [0, 0.05) is 0 Å². The molecule has 0 saturated carbocycles. The van der Waals surface area contributed by atoms with E-state index in [9.17, 15) is 9.90 Å². The fourth-order valence-electron chi connectivity index (χ4n) is 1.85. The second-order valence-electron chi connectivity index (χ2n) is 4.30. The minimum absolute atomic E-state index is 0.108. The Morgan fingerprint density at radius 3 is 2.85 bits per heavy atom. The van der Waals surface area contributed by atoms with Gasteiger partial charge in [0.25, 0.3) is 0 Å². The molecule has 106 valence electrons. The van der Waals surface area contributed by atoms with E-state index in [-0.39, 0.29) is 12.2 Å². The lowest BCUT2D eigenvalue weighted by atomic mass is 10.1. The van der Waals surface area contributed by atoms with Gasteiger partial charge in [0.05, 0.1) is 25.5 Å². The lowest BCUT2D eigenvalue weighted by Gasteiger charge is -2.12. The van der Waals surface area contributed by atoms with E-state index >= 15 is 0 Å². The summed E-state index contributed by atoms with van der Waals surface area (Å²) < 4.78 is 6.46. The van der Waals surface area contributed by atoms with E-state index in [0.717, 1.165) is 0 Å². The normalized spacial score (nSPS) is 12.2. The second-order valence-corrected chi connectivity index (χ2v) is 4.30. The average Bonchev–Trinajstić information content (AvgIpc) is 2.80. The molecule has 1 aromatic carbocycles. The minimum atomic E-state index is -1.13. The third-order valence-corrected chi connectivity index (χ3v) is 3.01. The number of carboxylic acids is 1. The molecule has 0 spiro atoms. The summed E-state index contributed by atoms with van der Waals surface area (Å²) in [5, 5.41) is 26.4. The van der Waals surface area contributed by atoms with Gasteiger partial charge in [-0.25, -0.2) is 9.48 Å². The lowest BCUT2D eigenvalue weighted by Crippen LogP contribution is -2.12. The number of aromatic nitrogens is 3. The van der Waals surface area contributed by atoms with Crippen LogP contribution in [0.5, 0.6) is 5.75 Å². The van der Waals surface area contributed by atoms with Crippen molar-refractivity contribution in [3.63, 3.8) is 0 Å². The first-order valence-corrected chi connectivity index (χ1v) is 5.98. The SMILES string of the molecule is COc1cccc(C(O)Cn2nnc(C(=O)O)c2C)c1. The maximum Gasteiger partial charge on any atom is 0.358 e. The van der Waals surface area contributed by atoms with Crippen molar-refractivity contribution >= 4 is 5.97 Å². The predicted molar refractivity (Wildman–Crippen MR) is 69.7 cm³/mol. The molecule has 2 N–H and O–H groups in total. The number of aromatic carboxylic acids is 1. The zero-order valence-electron chi connectivity index (χ0n) is 11.1. The van der Waals surface area contributed by atoms with Crippen LogP contribution in [0.15, 0.2) is 24.3 Å². The third-order valence-electron chi connectivity index (χ3n) is 3.01. The Morgan fingerprint density at radius 1 is 1.50 bits per heavy atom. The summed E-state index contributed by atoms with van der Waals surface area (Å²) in [6.07, 6.45) is -0.827. The van der Waals surface area contributed by atoms with Crippen LogP contribution in [0.4, 0.5) is 0 Å². The molecule has 0 amide bonds. The molecule has 1 unspecified atom stereocenters. The molecule has 0 fully saturated rings. The van der Waals surface area contributed by atoms with Gasteiger partial charge >= 0.3 is 5.97 Å². The van der Waals surface area contributed by atoms with E-state index in [4.69, 9.17) is 9.84 Å². The maximum atomic E-state index is 10.9. The molecule has 0 saturated heterocycles. The van der Waals surface area contributed by atoms with Gasteiger partial charge in [0.2, 0.25) is 0 Å². The van der Waals surface area contributed by atoms with Gasteiger partial charge in [0.15, 0.2) is 5.69 Å². The third kappa shape index (κ3) is 2.77. The van der Waals surface area contributed by atoms with Crippen LogP contribution in [-0.2, 0) is 6.54 Å². The fraction of sp³-hybridized carbons (Fsp3) is 0.308. The Hall–Kier alpha value is -2.41. The van der Waals surface area contributed by atoms with Gasteiger partial charge in [-0.2, -0.15) is 0 Å². The average molecular weight is 277 g/mol. The largest absolute Gasteiger partial charge is 0.497 e. The summed E-state index contributed by atoms with van der Waals surface area (Å²) in [6, 6.07) is 7.03. The molecule has 7 heteroatoms. The first-order chi connectivity index (χ1) is 9.52. The molecule has 1 aromatic heterocycles. The first-order valence-electron chi connectivity index (χ1n) is 5.98. The Morgan fingerprint density at radius 2 is 2.25 bits per heavy atom. The highest BCUT2D eigenvalue weighted by Gasteiger charge is 2.18. The van der Waals surface area contributed by atoms with Crippen LogP contribution in [0, 0.1) is 6.92 Å². The second kappa shape index (κ2) is 5.70. The quantitative estimate of drug-likeness (QED) is 0.847. The number of methoxy groups -OCH3 is 1. The van der Waals surface area contributed by atoms with E-state index in [1.54, 1.807) is 38.3 Å². The number of nitrogens with zero attached hydrogens (tertiary/aromatic N) is 3. The summed E-state index contributed by atoms with van der Waals surface area (Å²) in [5.41, 5.74) is 0.957. The number of hydrogen-bond acceptors (Lipinski definition) is 5. The van der Waals surface area contributed by atoms with Crippen molar-refractivity contribution in [2.24, 2.45) is 0 Å². The van der Waals surface area contributed by atoms with Gasteiger partial charge in [0.1, 0.15) is 5.75 Å². The number of carboxylic acid groups (broad SMARTS) is 1. The van der Waals surface area contributed by atoms with Crippen molar-refractivity contribution in [2.75, 3.05) is 7.11 Å². The van der Waals surface area contributed by atoms with E-state index < -0.39 is 12.1 Å². The highest BCUT2D eigenvalue weighted by atomic mass is 16.5. The van der Waals surface area contributed by atoms with E-state index in [2.05, 4.69) is 10.3 Å². The summed E-state index contributed by atoms with van der Waals surface area (Å²) >= 11 is 0. The molecular weight excluding hydrogens is 262 g/mol. The van der Waals surface area contributed by atoms with Crippen molar-refractivity contribution < 1.29 is 19.7 Å². The number of hydrogen-bond donors (Lipinski definition) is 2. The topological polar surface area (TPSA) is 97.5 Å². The van der Waals surface area contributed by atoms with Crippen LogP contribution in [0.25, 0.3) is 0 Å². The summed E-state index contributed by atoms with van der Waals surface area (Å²) in [5.74, 6) is -0.493. The Bertz CT molecular complexity index is 624. The van der Waals surface area contributed by atoms with Gasteiger partial charge in [-0.15, -0.1) is 5.10 Å². The summed E-state index contributed by atoms with van der Waals surface area (Å²) in [7, 11) is 1.55. The molecule has 2 aromatic rings. The number of benzene rings is 1. The van der Waals surface area contributed by atoms with Crippen molar-refractivity contribution in [3.05, 3.63) is 41.2 Å². The van der Waals surface area contributed by atoms with Gasteiger partial charge in [-0.1, -0.05) is 17.3 Å². The zero-order valence-corrected chi connectivity index (χ0v) is 11.1. The van der Waals surface area contributed by atoms with E-state index in [1.807, 2.05) is 0 Å². The van der Waals surface area contributed by atoms with Crippen LogP contribution in [0.3, 0.4) is 0 Å². The molecular formula is C13H15N3O4. The first kappa shape index (κ1) is 14.0. The standard InChI is InChI=1S/C13H15N3O4/c1-8-12(13(18)19)14-15-16(8)7-11(17)9-4-3-5-10(6-9)20-2/h3-6,11,17H,7H2,1-2H3,(H,18,19). The Kier molecular flexibility index (Phi) is 3.99. The van der Waals surface area contributed by atoms with Crippen LogP contribution >= 0.6 is 0 Å². The molecule has 0 aliphatic carbocycles. The van der Waals surface area contributed by atoms with Gasteiger partial charge < -0.3 is 14.9 Å². The van der Waals surface area contributed by atoms with Gasteiger partial charge in [-0.05, 0) is 24.6 Å². The number of aliphatic hydroxyl groups excluding tert-OH is 1. The molecule has 20 heavy (non-hydrogen) atoms. The number of carbonyl (C=O) groups is 1. The van der Waals surface area contributed by atoms with Gasteiger partial charge in [-0.3, -0.25) is 0 Å². The van der Waals surface area contributed by atoms with Crippen molar-refractivity contribution in [1.29, 1.82) is 0 Å². The minimum Gasteiger partial charge on any atom is -0.497 e. The molecule has 0 radical (unpaired) electrons. The number of aliphatic hydroxyl groups is 1. The zero-order chi connectivity index (χ0) is 14.7. The lowest BCUT2D eigenvalue weighted by molar-refractivity contribution is 0.0689. The molecule has 7 nitrogen and oxygen atoms in total. The summed E-state index contributed by atoms with van der Waals surface area (Å²) in [6.45, 7) is 1.72. The highest BCUT2D eigenvalue weighted by Crippen LogP contribution is 2.20. The van der Waals surface area contributed by atoms with Crippen molar-refractivity contribution in [1.82, 2.24) is 15.0 Å². The van der Waals surface area contributed by atoms with E-state index in [1.165, 1.54) is 4.68 Å². The van der Waals surface area contributed by atoms with Crippen molar-refractivity contribution in [2.45, 2.75) is 19.6 Å². The highest BCUT2D eigenvalue weighted by molar-refractivity contribution is 5.86. The summed E-state index contributed by atoms with van der Waals surface area (Å²) in [4.78, 5) is 10.9. The Balaban J connectivity index is 2.19. The smallest absolute Gasteiger partial charge is 0.358 e. The molecule has 2 rings (SSSR count). The van der Waals surface area contributed by atoms with Crippen LogP contribution in [-0.4, -0.2) is 38.3 Å². The fourth-order valence-corrected chi connectivity index (χ4v) is 1.85. The molecule has 0 aliphatic rings. The van der Waals surface area contributed by atoms with Crippen LogP contribution < -0.4 is 4.74 Å². The van der Waals surface area contributed by atoms with Crippen LogP contribution in [0.1, 0.15) is 27.8 Å². The van der Waals surface area contributed by atoms with Crippen molar-refractivity contribution in [3.8, 4) is 5.75 Å². The molecule has 1 atom stereocenters. The predicted octanol–water partition coefficient (Wildman–Crippen LogP) is 1.03. The Labute approximate surface area is 115 Å². The maximum absolute atomic E-state index is 10.9. The monoisotopic (exact) mass is 277 g/mol. The molecule has 1 heterocycles. The van der Waals surface area contributed by atoms with Crippen LogP contribution in [0.2, 0.25) is 0 Å². The van der Waals surface area contributed by atoms with E-state index in [0.29, 0.717) is 17.0 Å².